The van der Waals surface area contributed by atoms with Gasteiger partial charge >= 0.3 is 0 Å². The zero-order chi connectivity index (χ0) is 12.0. The zero-order valence-corrected chi connectivity index (χ0v) is 10.4. The Morgan fingerprint density at radius 2 is 1.88 bits per heavy atom. The minimum Gasteiger partial charge on any atom is -0.493 e. The van der Waals surface area contributed by atoms with E-state index in [1.165, 1.54) is 5.69 Å². The van der Waals surface area contributed by atoms with Crippen LogP contribution in [0.3, 0.4) is 0 Å². The van der Waals surface area contributed by atoms with E-state index in [0.29, 0.717) is 12.5 Å². The summed E-state index contributed by atoms with van der Waals surface area (Å²) in [5.74, 6) is 1.48. The molecule has 2 N–H and O–H groups in total. The largest absolute Gasteiger partial charge is 0.493 e. The molecule has 0 aliphatic heterocycles. The number of benzene rings is 1. The van der Waals surface area contributed by atoms with Crippen molar-refractivity contribution in [3.63, 3.8) is 0 Å². The normalized spacial score (nSPS) is 10.6. The summed E-state index contributed by atoms with van der Waals surface area (Å²) in [6.07, 6.45) is 0. The summed E-state index contributed by atoms with van der Waals surface area (Å²) >= 11 is 0. The predicted octanol–water partition coefficient (Wildman–Crippen LogP) is 2.12. The molecule has 0 atom stereocenters. The van der Waals surface area contributed by atoms with Crippen LogP contribution >= 0.6 is 0 Å². The molecule has 0 spiro atoms. The molecule has 0 unspecified atom stereocenters. The van der Waals surface area contributed by atoms with E-state index in [-0.39, 0.29) is 0 Å². The van der Waals surface area contributed by atoms with Crippen molar-refractivity contribution in [3.05, 3.63) is 24.3 Å². The van der Waals surface area contributed by atoms with E-state index < -0.39 is 0 Å². The third-order valence-corrected chi connectivity index (χ3v) is 2.33. The smallest absolute Gasteiger partial charge is 0.119 e. The Labute approximate surface area is 98.2 Å². The van der Waals surface area contributed by atoms with E-state index >= 15 is 0 Å². The van der Waals surface area contributed by atoms with Crippen LogP contribution in [0.4, 0.5) is 5.69 Å². The standard InChI is InChI=1S/C13H22N2O/c1-11(2)10-16-13-6-4-12(5-7-13)15(3)9-8-14/h4-7,11H,8-10,14H2,1-3H3. The lowest BCUT2D eigenvalue weighted by Crippen LogP contribution is -2.24. The van der Waals surface area contributed by atoms with Crippen LogP contribution in [0.5, 0.6) is 5.75 Å². The Hall–Kier alpha value is -1.22. The summed E-state index contributed by atoms with van der Waals surface area (Å²) in [5, 5.41) is 0. The van der Waals surface area contributed by atoms with Crippen molar-refractivity contribution in [2.24, 2.45) is 11.7 Å². The molecule has 1 aromatic carbocycles. The van der Waals surface area contributed by atoms with Crippen molar-refractivity contribution in [2.45, 2.75) is 13.8 Å². The summed E-state index contributed by atoms with van der Waals surface area (Å²) in [4.78, 5) is 2.13. The fourth-order valence-corrected chi connectivity index (χ4v) is 1.38. The molecule has 0 aromatic heterocycles. The molecular weight excluding hydrogens is 200 g/mol. The maximum atomic E-state index is 5.62. The molecule has 90 valence electrons. The Morgan fingerprint density at radius 3 is 2.38 bits per heavy atom. The van der Waals surface area contributed by atoms with Gasteiger partial charge in [0.1, 0.15) is 5.75 Å². The van der Waals surface area contributed by atoms with Gasteiger partial charge in [0.05, 0.1) is 6.61 Å². The molecule has 0 heterocycles. The second-order valence-electron chi connectivity index (χ2n) is 4.41. The van der Waals surface area contributed by atoms with Crippen LogP contribution < -0.4 is 15.4 Å². The number of nitrogens with zero attached hydrogens (tertiary/aromatic N) is 1. The van der Waals surface area contributed by atoms with E-state index in [1.807, 2.05) is 19.2 Å². The molecule has 0 amide bonds. The first-order chi connectivity index (χ1) is 7.63. The molecular formula is C13H22N2O. The summed E-state index contributed by atoms with van der Waals surface area (Å²) in [6.45, 7) is 6.58. The molecule has 3 heteroatoms. The Bertz CT molecular complexity index is 295. The highest BCUT2D eigenvalue weighted by atomic mass is 16.5. The number of nitrogens with two attached hydrogens (primary N) is 1. The van der Waals surface area contributed by atoms with Crippen LogP contribution in [0.2, 0.25) is 0 Å². The van der Waals surface area contributed by atoms with Gasteiger partial charge < -0.3 is 15.4 Å². The van der Waals surface area contributed by atoms with Crippen LogP contribution in [0, 0.1) is 5.92 Å². The quantitative estimate of drug-likeness (QED) is 0.801. The van der Waals surface area contributed by atoms with Crippen LogP contribution in [-0.4, -0.2) is 26.7 Å². The Kier molecular flexibility index (Phi) is 5.12. The molecule has 0 saturated carbocycles. The van der Waals surface area contributed by atoms with Gasteiger partial charge in [-0.15, -0.1) is 0 Å². The monoisotopic (exact) mass is 222 g/mol. The molecule has 3 nitrogen and oxygen atoms in total. The topological polar surface area (TPSA) is 38.5 Å². The first kappa shape index (κ1) is 12.8. The lowest BCUT2D eigenvalue weighted by molar-refractivity contribution is 0.271. The third kappa shape index (κ3) is 4.11. The van der Waals surface area contributed by atoms with E-state index in [9.17, 15) is 0 Å². The number of rotatable bonds is 6. The summed E-state index contributed by atoms with van der Waals surface area (Å²) < 4.78 is 5.62. The van der Waals surface area contributed by atoms with Crippen LogP contribution in [0.1, 0.15) is 13.8 Å². The van der Waals surface area contributed by atoms with Crippen molar-refractivity contribution in [1.82, 2.24) is 0 Å². The van der Waals surface area contributed by atoms with Gasteiger partial charge in [0.15, 0.2) is 0 Å². The molecule has 16 heavy (non-hydrogen) atoms. The van der Waals surface area contributed by atoms with Crippen LogP contribution in [0.25, 0.3) is 0 Å². The van der Waals surface area contributed by atoms with E-state index in [2.05, 4.69) is 30.9 Å². The summed E-state index contributed by atoms with van der Waals surface area (Å²) in [5.41, 5.74) is 6.68. The van der Waals surface area contributed by atoms with E-state index in [0.717, 1.165) is 18.9 Å². The summed E-state index contributed by atoms with van der Waals surface area (Å²) in [7, 11) is 2.04. The van der Waals surface area contributed by atoms with Gasteiger partial charge in [0, 0.05) is 25.8 Å². The maximum absolute atomic E-state index is 5.62. The highest BCUT2D eigenvalue weighted by Crippen LogP contribution is 2.18. The first-order valence-corrected chi connectivity index (χ1v) is 5.77. The molecule has 0 aliphatic rings. The van der Waals surface area contributed by atoms with E-state index in [4.69, 9.17) is 10.5 Å². The minimum absolute atomic E-state index is 0.555. The number of anilines is 1. The van der Waals surface area contributed by atoms with Gasteiger partial charge in [-0.25, -0.2) is 0 Å². The van der Waals surface area contributed by atoms with Gasteiger partial charge in [0.2, 0.25) is 0 Å². The number of hydrogen-bond acceptors (Lipinski definition) is 3. The molecule has 1 rings (SSSR count). The van der Waals surface area contributed by atoms with Crippen molar-refractivity contribution in [3.8, 4) is 5.75 Å². The molecule has 0 saturated heterocycles. The number of likely N-dealkylation sites (N-methyl/N-ethyl adjacent to an activating group) is 1. The van der Waals surface area contributed by atoms with Crippen molar-refractivity contribution < 1.29 is 4.74 Å². The number of ether oxygens (including phenoxy) is 1. The molecule has 0 bridgehead atoms. The number of hydrogen-bond donors (Lipinski definition) is 1. The van der Waals surface area contributed by atoms with Gasteiger partial charge in [-0.3, -0.25) is 0 Å². The highest BCUT2D eigenvalue weighted by molar-refractivity contribution is 5.48. The maximum Gasteiger partial charge on any atom is 0.119 e. The summed E-state index contributed by atoms with van der Waals surface area (Å²) in [6, 6.07) is 8.13. The van der Waals surface area contributed by atoms with Crippen LogP contribution in [-0.2, 0) is 0 Å². The fraction of sp³-hybridized carbons (Fsp3) is 0.538. The molecule has 0 radical (unpaired) electrons. The lowest BCUT2D eigenvalue weighted by Gasteiger charge is -2.18. The van der Waals surface area contributed by atoms with Crippen LogP contribution in [0.15, 0.2) is 24.3 Å². The van der Waals surface area contributed by atoms with E-state index in [1.54, 1.807) is 0 Å². The highest BCUT2D eigenvalue weighted by Gasteiger charge is 2.01. The molecule has 0 fully saturated rings. The fourth-order valence-electron chi connectivity index (χ4n) is 1.38. The Morgan fingerprint density at radius 1 is 1.25 bits per heavy atom. The van der Waals surface area contributed by atoms with Crippen molar-refractivity contribution in [2.75, 3.05) is 31.6 Å². The first-order valence-electron chi connectivity index (χ1n) is 5.77. The zero-order valence-electron chi connectivity index (χ0n) is 10.4. The van der Waals surface area contributed by atoms with Gasteiger partial charge in [-0.05, 0) is 30.2 Å². The predicted molar refractivity (Wildman–Crippen MR) is 69.1 cm³/mol. The van der Waals surface area contributed by atoms with Gasteiger partial charge in [0.25, 0.3) is 0 Å². The average Bonchev–Trinajstić information content (AvgIpc) is 2.27. The second-order valence-corrected chi connectivity index (χ2v) is 4.41. The Balaban J connectivity index is 2.53. The second kappa shape index (κ2) is 6.38. The van der Waals surface area contributed by atoms with Crippen molar-refractivity contribution >= 4 is 5.69 Å². The van der Waals surface area contributed by atoms with Gasteiger partial charge in [-0.1, -0.05) is 13.8 Å². The molecule has 1 aromatic rings. The minimum atomic E-state index is 0.555. The third-order valence-electron chi connectivity index (χ3n) is 2.33. The SMILES string of the molecule is CC(C)COc1ccc(N(C)CCN)cc1. The van der Waals surface area contributed by atoms with Gasteiger partial charge in [-0.2, -0.15) is 0 Å². The average molecular weight is 222 g/mol. The lowest BCUT2D eigenvalue weighted by atomic mass is 10.2. The molecule has 0 aliphatic carbocycles. The van der Waals surface area contributed by atoms with Crippen molar-refractivity contribution in [1.29, 1.82) is 0 Å².